The van der Waals surface area contributed by atoms with Gasteiger partial charge in [0.1, 0.15) is 0 Å². The predicted octanol–water partition coefficient (Wildman–Crippen LogP) is 0.946. The smallest absolute Gasteiger partial charge is 0.338 e. The van der Waals surface area contributed by atoms with Crippen LogP contribution in [0.25, 0.3) is 0 Å². The van der Waals surface area contributed by atoms with Gasteiger partial charge in [-0.2, -0.15) is 0 Å². The molecule has 0 heterocycles. The maximum atomic E-state index is 11.7. The van der Waals surface area contributed by atoms with Crippen LogP contribution in [-0.2, 0) is 4.74 Å². The summed E-state index contributed by atoms with van der Waals surface area (Å²) in [5.41, 5.74) is -0.476. The lowest BCUT2D eigenvalue weighted by Crippen LogP contribution is -2.12. The van der Waals surface area contributed by atoms with Crippen LogP contribution in [0.3, 0.4) is 0 Å². The Bertz CT molecular complexity index is 496. The Morgan fingerprint density at radius 2 is 2.06 bits per heavy atom. The molecule has 1 N–H and O–H groups in total. The number of rotatable bonds is 5. The number of nitro groups is 1. The summed E-state index contributed by atoms with van der Waals surface area (Å²) in [5, 5.41) is 19.3. The Labute approximate surface area is 102 Å². The largest absolute Gasteiger partial charge is 0.465 e. The van der Waals surface area contributed by atoms with E-state index in [2.05, 4.69) is 4.74 Å². The third kappa shape index (κ3) is 2.89. The first-order valence-corrected chi connectivity index (χ1v) is 5.02. The van der Waals surface area contributed by atoms with E-state index in [9.17, 15) is 19.7 Å². The molecule has 0 aliphatic heterocycles. The third-order valence-electron chi connectivity index (χ3n) is 2.26. The summed E-state index contributed by atoms with van der Waals surface area (Å²) in [5.74, 6) is -1.31. The van der Waals surface area contributed by atoms with Gasteiger partial charge in [-0.3, -0.25) is 14.9 Å². The molecule has 1 aromatic carbocycles. The monoisotopic (exact) mass is 253 g/mol. The molecule has 0 atom stereocenters. The number of nitro benzene ring substituents is 1. The molecule has 0 saturated carbocycles. The summed E-state index contributed by atoms with van der Waals surface area (Å²) < 4.78 is 4.48. The second-order valence-corrected chi connectivity index (χ2v) is 3.38. The Balaban J connectivity index is 3.30. The number of aliphatic hydroxyl groups excluding tert-OH is 1. The molecule has 0 bridgehead atoms. The van der Waals surface area contributed by atoms with Crippen molar-refractivity contribution in [3.05, 3.63) is 39.4 Å². The van der Waals surface area contributed by atoms with Crippen molar-refractivity contribution in [2.75, 3.05) is 13.7 Å². The zero-order valence-electron chi connectivity index (χ0n) is 9.58. The molecule has 0 fully saturated rings. The van der Waals surface area contributed by atoms with Crippen LogP contribution < -0.4 is 0 Å². The second kappa shape index (κ2) is 5.87. The van der Waals surface area contributed by atoms with Crippen LogP contribution in [-0.4, -0.2) is 35.5 Å². The topological polar surface area (TPSA) is 107 Å². The molecule has 18 heavy (non-hydrogen) atoms. The number of methoxy groups -OCH3 is 1. The van der Waals surface area contributed by atoms with Crippen molar-refractivity contribution < 1.29 is 24.4 Å². The minimum absolute atomic E-state index is 0.0541. The highest BCUT2D eigenvalue weighted by atomic mass is 16.6. The second-order valence-electron chi connectivity index (χ2n) is 3.38. The molecular formula is C11H11NO6. The zero-order chi connectivity index (χ0) is 13.7. The lowest BCUT2D eigenvalue weighted by atomic mass is 10.0. The predicted molar refractivity (Wildman–Crippen MR) is 60.5 cm³/mol. The van der Waals surface area contributed by atoms with E-state index in [1.807, 2.05) is 0 Å². The number of hydrogen-bond acceptors (Lipinski definition) is 6. The molecule has 0 aromatic heterocycles. The van der Waals surface area contributed by atoms with Crippen LogP contribution >= 0.6 is 0 Å². The number of nitrogens with zero attached hydrogens (tertiary/aromatic N) is 1. The van der Waals surface area contributed by atoms with Crippen LogP contribution in [0.2, 0.25) is 0 Å². The van der Waals surface area contributed by atoms with Crippen molar-refractivity contribution in [3.8, 4) is 0 Å². The molecule has 0 unspecified atom stereocenters. The summed E-state index contributed by atoms with van der Waals surface area (Å²) in [4.78, 5) is 33.0. The number of carbonyl (C=O) groups is 2. The molecular weight excluding hydrogens is 242 g/mol. The summed E-state index contributed by atoms with van der Waals surface area (Å²) >= 11 is 0. The number of ketones is 1. The third-order valence-corrected chi connectivity index (χ3v) is 2.26. The van der Waals surface area contributed by atoms with Crippen molar-refractivity contribution in [1.29, 1.82) is 0 Å². The van der Waals surface area contributed by atoms with Gasteiger partial charge in [0.25, 0.3) is 5.69 Å². The van der Waals surface area contributed by atoms with Gasteiger partial charge in [0.05, 0.1) is 24.2 Å². The maximum Gasteiger partial charge on any atom is 0.338 e. The number of hydrogen-bond donors (Lipinski definition) is 1. The molecule has 1 rings (SSSR count). The van der Waals surface area contributed by atoms with E-state index in [-0.39, 0.29) is 23.2 Å². The van der Waals surface area contributed by atoms with Crippen molar-refractivity contribution in [1.82, 2.24) is 0 Å². The van der Waals surface area contributed by atoms with Crippen LogP contribution in [0.4, 0.5) is 5.69 Å². The minimum Gasteiger partial charge on any atom is -0.465 e. The van der Waals surface area contributed by atoms with E-state index >= 15 is 0 Å². The first-order valence-electron chi connectivity index (χ1n) is 5.02. The molecule has 0 aliphatic rings. The highest BCUT2D eigenvalue weighted by Crippen LogP contribution is 2.20. The van der Waals surface area contributed by atoms with Crippen molar-refractivity contribution in [2.24, 2.45) is 0 Å². The molecule has 1 aromatic rings. The Morgan fingerprint density at radius 3 is 2.56 bits per heavy atom. The highest BCUT2D eigenvalue weighted by molar-refractivity contribution is 6.06. The number of aliphatic hydroxyl groups is 1. The van der Waals surface area contributed by atoms with Crippen molar-refractivity contribution >= 4 is 17.4 Å². The quantitative estimate of drug-likeness (QED) is 0.362. The van der Waals surface area contributed by atoms with Gasteiger partial charge in [-0.15, -0.1) is 0 Å². The van der Waals surface area contributed by atoms with Gasteiger partial charge >= 0.3 is 5.97 Å². The molecule has 96 valence electrons. The van der Waals surface area contributed by atoms with Gasteiger partial charge < -0.3 is 9.84 Å². The summed E-state index contributed by atoms with van der Waals surface area (Å²) in [6, 6.07) is 3.28. The van der Waals surface area contributed by atoms with Gasteiger partial charge in [-0.05, 0) is 6.07 Å². The first-order chi connectivity index (χ1) is 8.51. The molecule has 7 nitrogen and oxygen atoms in total. The van der Waals surface area contributed by atoms with E-state index < -0.39 is 23.3 Å². The van der Waals surface area contributed by atoms with Crippen LogP contribution in [0.5, 0.6) is 0 Å². The average Bonchev–Trinajstić information content (AvgIpc) is 2.37. The fraction of sp³-hybridized carbons (Fsp3) is 0.273. The van der Waals surface area contributed by atoms with Crippen LogP contribution in [0.1, 0.15) is 27.1 Å². The lowest BCUT2D eigenvalue weighted by Gasteiger charge is -2.06. The average molecular weight is 253 g/mol. The fourth-order valence-corrected chi connectivity index (χ4v) is 1.40. The normalized spacial score (nSPS) is 9.89. The summed E-state index contributed by atoms with van der Waals surface area (Å²) in [6.07, 6.45) is -0.217. The number of esters is 1. The standard InChI is InChI=1S/C11H11NO6/c1-18-11(15)8-3-2-7(12(16)17)6-9(8)10(14)4-5-13/h2-3,6,13H,4-5H2,1H3. The number of benzene rings is 1. The minimum atomic E-state index is -0.758. The maximum absolute atomic E-state index is 11.7. The van der Waals surface area contributed by atoms with E-state index in [0.717, 1.165) is 25.3 Å². The SMILES string of the molecule is COC(=O)c1ccc([N+](=O)[O-])cc1C(=O)CCO. The number of carbonyl (C=O) groups excluding carboxylic acids is 2. The Hall–Kier alpha value is -2.28. The van der Waals surface area contributed by atoms with Crippen LogP contribution in [0, 0.1) is 10.1 Å². The van der Waals surface area contributed by atoms with Gasteiger partial charge in [-0.1, -0.05) is 0 Å². The van der Waals surface area contributed by atoms with Crippen LogP contribution in [0.15, 0.2) is 18.2 Å². The van der Waals surface area contributed by atoms with E-state index in [4.69, 9.17) is 5.11 Å². The summed E-state index contributed by atoms with van der Waals surface area (Å²) in [7, 11) is 1.14. The highest BCUT2D eigenvalue weighted by Gasteiger charge is 2.20. The van der Waals surface area contributed by atoms with Crippen molar-refractivity contribution in [3.63, 3.8) is 0 Å². The molecule has 0 amide bonds. The number of Topliss-reactive ketones (excluding diaryl/α,β-unsaturated/α-hetero) is 1. The number of non-ortho nitro benzene ring substituents is 1. The van der Waals surface area contributed by atoms with Gasteiger partial charge in [0.15, 0.2) is 5.78 Å². The molecule has 0 spiro atoms. The van der Waals surface area contributed by atoms with E-state index in [0.29, 0.717) is 0 Å². The summed E-state index contributed by atoms with van der Waals surface area (Å²) in [6.45, 7) is -0.401. The lowest BCUT2D eigenvalue weighted by molar-refractivity contribution is -0.384. The van der Waals surface area contributed by atoms with E-state index in [1.54, 1.807) is 0 Å². The molecule has 7 heteroatoms. The van der Waals surface area contributed by atoms with E-state index in [1.165, 1.54) is 0 Å². The molecule has 0 radical (unpaired) electrons. The Kier molecular flexibility index (Phi) is 4.50. The fourth-order valence-electron chi connectivity index (χ4n) is 1.40. The van der Waals surface area contributed by atoms with Gasteiger partial charge in [0, 0.05) is 24.1 Å². The van der Waals surface area contributed by atoms with Gasteiger partial charge in [0.2, 0.25) is 0 Å². The molecule has 0 saturated heterocycles. The van der Waals surface area contributed by atoms with Crippen molar-refractivity contribution in [2.45, 2.75) is 6.42 Å². The van der Waals surface area contributed by atoms with Gasteiger partial charge in [-0.25, -0.2) is 4.79 Å². The number of ether oxygens (including phenoxy) is 1. The molecule has 0 aliphatic carbocycles. The Morgan fingerprint density at radius 1 is 1.39 bits per heavy atom. The zero-order valence-corrected chi connectivity index (χ0v) is 9.58. The first kappa shape index (κ1) is 13.8.